The molecule has 1 aliphatic carbocycles. The molecule has 8 nitrogen and oxygen atoms in total. The number of fused-ring (bicyclic) bond motifs is 4. The molecule has 3 fully saturated rings. The number of para-hydroxylation sites is 1. The monoisotopic (exact) mass is 425 g/mol. The van der Waals surface area contributed by atoms with E-state index in [4.69, 9.17) is 5.73 Å². The van der Waals surface area contributed by atoms with Crippen molar-refractivity contribution in [2.75, 3.05) is 5.32 Å². The molecule has 1 aromatic rings. The van der Waals surface area contributed by atoms with Crippen LogP contribution >= 0.6 is 0 Å². The Bertz CT molecular complexity index is 955. The SMILES string of the molecule is NC(=O)CC[C@@H]1[NH2+][C@]2(C(=O)Nc3ccccc32)[C@@H]2C(=O)N(C3CCCCCC3)C(=O)[C@H]12. The molecule has 31 heavy (non-hydrogen) atoms. The van der Waals surface area contributed by atoms with Crippen LogP contribution in [0.5, 0.6) is 0 Å². The summed E-state index contributed by atoms with van der Waals surface area (Å²) in [5, 5.41) is 4.79. The smallest absolute Gasteiger partial charge is 0.291 e. The van der Waals surface area contributed by atoms with Crippen molar-refractivity contribution in [2.24, 2.45) is 17.6 Å². The van der Waals surface area contributed by atoms with Crippen LogP contribution in [0.2, 0.25) is 0 Å². The zero-order chi connectivity index (χ0) is 21.8. The molecule has 4 aliphatic rings. The fraction of sp³-hybridized carbons (Fsp3) is 0.565. The molecule has 164 valence electrons. The van der Waals surface area contributed by atoms with Gasteiger partial charge in [-0.3, -0.25) is 24.1 Å². The number of anilines is 1. The van der Waals surface area contributed by atoms with Gasteiger partial charge in [0.15, 0.2) is 0 Å². The number of hydrogen-bond donors (Lipinski definition) is 3. The lowest BCUT2D eigenvalue weighted by molar-refractivity contribution is -0.734. The van der Waals surface area contributed by atoms with Crippen LogP contribution in [0.4, 0.5) is 5.69 Å². The number of quaternary nitrogens is 1. The summed E-state index contributed by atoms with van der Waals surface area (Å²) in [4.78, 5) is 53.8. The minimum absolute atomic E-state index is 0.0957. The third kappa shape index (κ3) is 2.91. The van der Waals surface area contributed by atoms with E-state index in [1.54, 1.807) is 0 Å². The van der Waals surface area contributed by atoms with Crippen molar-refractivity contribution in [1.82, 2.24) is 4.90 Å². The summed E-state index contributed by atoms with van der Waals surface area (Å²) in [7, 11) is 0. The molecule has 0 radical (unpaired) electrons. The Hall–Kier alpha value is -2.74. The Labute approximate surface area is 180 Å². The topological polar surface area (TPSA) is 126 Å². The van der Waals surface area contributed by atoms with Gasteiger partial charge in [0, 0.05) is 24.4 Å². The molecule has 8 heteroatoms. The lowest BCUT2D eigenvalue weighted by Crippen LogP contribution is -2.99. The Morgan fingerprint density at radius 2 is 1.81 bits per heavy atom. The van der Waals surface area contributed by atoms with Gasteiger partial charge in [-0.15, -0.1) is 0 Å². The maximum Gasteiger partial charge on any atom is 0.291 e. The number of nitrogens with one attached hydrogen (secondary N) is 1. The summed E-state index contributed by atoms with van der Waals surface area (Å²) in [5.74, 6) is -2.49. The van der Waals surface area contributed by atoms with Gasteiger partial charge in [-0.05, 0) is 18.9 Å². The summed E-state index contributed by atoms with van der Waals surface area (Å²) in [5.41, 5.74) is 5.65. The average molecular weight is 426 g/mol. The van der Waals surface area contributed by atoms with Crippen molar-refractivity contribution in [2.45, 2.75) is 69.0 Å². The maximum atomic E-state index is 13.8. The first-order valence-corrected chi connectivity index (χ1v) is 11.4. The molecule has 1 aromatic carbocycles. The highest BCUT2D eigenvalue weighted by atomic mass is 16.2. The van der Waals surface area contributed by atoms with E-state index in [0.29, 0.717) is 12.1 Å². The third-order valence-electron chi connectivity index (χ3n) is 7.72. The Morgan fingerprint density at radius 3 is 2.52 bits per heavy atom. The normalized spacial score (nSPS) is 32.8. The van der Waals surface area contributed by atoms with Gasteiger partial charge in [-0.1, -0.05) is 43.9 Å². The van der Waals surface area contributed by atoms with E-state index in [9.17, 15) is 19.2 Å². The van der Waals surface area contributed by atoms with Crippen LogP contribution in [0.15, 0.2) is 24.3 Å². The van der Waals surface area contributed by atoms with Gasteiger partial charge in [0.2, 0.25) is 23.3 Å². The molecular weight excluding hydrogens is 396 g/mol. The molecule has 4 atom stereocenters. The number of carbonyl (C=O) groups is 4. The summed E-state index contributed by atoms with van der Waals surface area (Å²) < 4.78 is 0. The molecule has 3 heterocycles. The molecule has 2 saturated heterocycles. The lowest BCUT2D eigenvalue weighted by atomic mass is 9.76. The van der Waals surface area contributed by atoms with Crippen molar-refractivity contribution in [3.63, 3.8) is 0 Å². The largest absolute Gasteiger partial charge is 0.370 e. The highest BCUT2D eigenvalue weighted by molar-refractivity contribution is 6.14. The number of amides is 4. The predicted molar refractivity (Wildman–Crippen MR) is 111 cm³/mol. The van der Waals surface area contributed by atoms with E-state index in [-0.39, 0.29) is 36.2 Å². The van der Waals surface area contributed by atoms with E-state index in [2.05, 4.69) is 5.32 Å². The number of imide groups is 1. The molecule has 4 amide bonds. The van der Waals surface area contributed by atoms with Crippen molar-refractivity contribution in [1.29, 1.82) is 0 Å². The van der Waals surface area contributed by atoms with Gasteiger partial charge in [0.05, 0.1) is 5.69 Å². The first-order chi connectivity index (χ1) is 14.9. The highest BCUT2D eigenvalue weighted by Crippen LogP contribution is 2.50. The van der Waals surface area contributed by atoms with Gasteiger partial charge in [-0.2, -0.15) is 0 Å². The number of likely N-dealkylation sites (tertiary alicyclic amines) is 1. The van der Waals surface area contributed by atoms with Gasteiger partial charge in [-0.25, -0.2) is 0 Å². The number of rotatable bonds is 4. The van der Waals surface area contributed by atoms with E-state index in [1.165, 1.54) is 4.90 Å². The predicted octanol–water partition coefficient (Wildman–Crippen LogP) is 0.369. The third-order valence-corrected chi connectivity index (χ3v) is 7.72. The zero-order valence-electron chi connectivity index (χ0n) is 17.5. The number of nitrogens with two attached hydrogens (primary N) is 2. The number of nitrogens with zero attached hydrogens (tertiary/aromatic N) is 1. The van der Waals surface area contributed by atoms with Crippen molar-refractivity contribution < 1.29 is 24.5 Å². The van der Waals surface area contributed by atoms with Gasteiger partial charge < -0.3 is 16.4 Å². The number of benzene rings is 1. The van der Waals surface area contributed by atoms with Crippen molar-refractivity contribution in [3.05, 3.63) is 29.8 Å². The molecular formula is C23H29N4O4+. The van der Waals surface area contributed by atoms with Crippen LogP contribution in [0.3, 0.4) is 0 Å². The van der Waals surface area contributed by atoms with Crippen LogP contribution in [0.25, 0.3) is 0 Å². The molecule has 0 aromatic heterocycles. The van der Waals surface area contributed by atoms with Crippen molar-refractivity contribution in [3.8, 4) is 0 Å². The number of hydrogen-bond acceptors (Lipinski definition) is 4. The highest BCUT2D eigenvalue weighted by Gasteiger charge is 2.74. The summed E-state index contributed by atoms with van der Waals surface area (Å²) in [6.07, 6.45) is 6.37. The second kappa shape index (κ2) is 7.44. The standard InChI is InChI=1S/C23H28N4O4/c24-17(28)12-11-16-18-19(21(30)27(20(18)29)13-7-3-1-2-4-8-13)23(26-16)14-9-5-6-10-15(14)25-22(23)31/h5-6,9-10,13,16,18-19,26H,1-4,7-8,11-12H2,(H2,24,28)(H,25,31)/p+1/t16-,18+,19-,23-/m0/s1. The van der Waals surface area contributed by atoms with Crippen LogP contribution in [-0.4, -0.2) is 40.6 Å². The minimum atomic E-state index is -1.17. The molecule has 5 N–H and O–H groups in total. The fourth-order valence-corrected chi connectivity index (χ4v) is 6.39. The average Bonchev–Trinajstić information content (AvgIpc) is 3.21. The Kier molecular flexibility index (Phi) is 4.84. The number of carbonyl (C=O) groups excluding carboxylic acids is 4. The summed E-state index contributed by atoms with van der Waals surface area (Å²) in [6, 6.07) is 6.94. The Morgan fingerprint density at radius 1 is 1.10 bits per heavy atom. The molecule has 0 unspecified atom stereocenters. The molecule has 1 saturated carbocycles. The van der Waals surface area contributed by atoms with E-state index in [0.717, 1.165) is 44.1 Å². The van der Waals surface area contributed by atoms with E-state index >= 15 is 0 Å². The molecule has 3 aliphatic heterocycles. The van der Waals surface area contributed by atoms with Crippen LogP contribution in [0, 0.1) is 11.8 Å². The first kappa shape index (κ1) is 20.2. The van der Waals surface area contributed by atoms with Gasteiger partial charge in [0.25, 0.3) is 5.91 Å². The lowest BCUT2D eigenvalue weighted by Gasteiger charge is -2.30. The second-order valence-corrected chi connectivity index (χ2v) is 9.40. The van der Waals surface area contributed by atoms with Gasteiger partial charge in [0.1, 0.15) is 17.9 Å². The first-order valence-electron chi connectivity index (χ1n) is 11.4. The van der Waals surface area contributed by atoms with E-state index in [1.807, 2.05) is 29.6 Å². The summed E-state index contributed by atoms with van der Waals surface area (Å²) >= 11 is 0. The minimum Gasteiger partial charge on any atom is -0.370 e. The van der Waals surface area contributed by atoms with Crippen LogP contribution < -0.4 is 16.4 Å². The summed E-state index contributed by atoms with van der Waals surface area (Å²) in [6.45, 7) is 0. The maximum absolute atomic E-state index is 13.8. The van der Waals surface area contributed by atoms with E-state index < -0.39 is 23.3 Å². The second-order valence-electron chi connectivity index (χ2n) is 9.40. The van der Waals surface area contributed by atoms with Crippen molar-refractivity contribution >= 4 is 29.3 Å². The quantitative estimate of drug-likeness (QED) is 0.476. The van der Waals surface area contributed by atoms with Gasteiger partial charge >= 0.3 is 0 Å². The Balaban J connectivity index is 1.58. The van der Waals surface area contributed by atoms with Crippen LogP contribution in [-0.2, 0) is 24.7 Å². The number of primary amides is 1. The fourth-order valence-electron chi connectivity index (χ4n) is 6.39. The molecule has 0 bridgehead atoms. The molecule has 1 spiro atoms. The van der Waals surface area contributed by atoms with Crippen LogP contribution in [0.1, 0.15) is 56.9 Å². The zero-order valence-corrected chi connectivity index (χ0v) is 17.5. The molecule has 5 rings (SSSR count).